The van der Waals surface area contributed by atoms with E-state index in [0.717, 1.165) is 23.0 Å². The molecule has 1 saturated carbocycles. The van der Waals surface area contributed by atoms with Crippen molar-refractivity contribution in [1.82, 2.24) is 14.5 Å². The van der Waals surface area contributed by atoms with Gasteiger partial charge in [-0.1, -0.05) is 18.1 Å². The zero-order chi connectivity index (χ0) is 25.4. The molecule has 1 aromatic carbocycles. The summed E-state index contributed by atoms with van der Waals surface area (Å²) < 4.78 is 14.7. The Kier molecular flexibility index (Phi) is 6.13. The molecule has 1 saturated heterocycles. The second-order valence-corrected chi connectivity index (χ2v) is 9.08. The van der Waals surface area contributed by atoms with Crippen LogP contribution in [0.2, 0.25) is 0 Å². The number of piperazine rings is 1. The topological polar surface area (TPSA) is 108 Å². The highest BCUT2D eigenvalue weighted by Crippen LogP contribution is 2.45. The summed E-state index contributed by atoms with van der Waals surface area (Å²) in [5.74, 6) is 2.58. The maximum Gasteiger partial charge on any atom is 0.359 e. The van der Waals surface area contributed by atoms with E-state index in [9.17, 15) is 24.6 Å². The molecule has 1 atom stereocenters. The molecule has 9 nitrogen and oxygen atoms in total. The van der Waals surface area contributed by atoms with Crippen molar-refractivity contribution in [3.8, 4) is 18.4 Å². The normalized spacial score (nSPS) is 16.9. The summed E-state index contributed by atoms with van der Waals surface area (Å²) in [6.45, 7) is 1.90. The Hall–Kier alpha value is -4.28. The summed E-state index contributed by atoms with van der Waals surface area (Å²) in [4.78, 5) is 33.1. The lowest BCUT2D eigenvalue weighted by Crippen LogP contribution is -2.48. The van der Waals surface area contributed by atoms with Crippen LogP contribution in [0.25, 0.3) is 11.0 Å². The van der Waals surface area contributed by atoms with Gasteiger partial charge in [0.15, 0.2) is 5.69 Å². The largest absolute Gasteiger partial charge is 0.361 e. The molecule has 10 heteroatoms. The Morgan fingerprint density at radius 1 is 1.17 bits per heavy atom. The van der Waals surface area contributed by atoms with E-state index in [4.69, 9.17) is 6.42 Å². The number of anilines is 1. The van der Waals surface area contributed by atoms with Gasteiger partial charge in [-0.2, -0.15) is 5.26 Å². The van der Waals surface area contributed by atoms with Gasteiger partial charge in [0, 0.05) is 32.2 Å². The molecule has 3 heterocycles. The average Bonchev–Trinajstić information content (AvgIpc) is 3.72. The smallest absolute Gasteiger partial charge is 0.359 e. The molecular formula is C26H23FN6O3. The number of hydrogen-bond acceptors (Lipinski definition) is 7. The highest BCUT2D eigenvalue weighted by molar-refractivity contribution is 5.94. The zero-order valence-electron chi connectivity index (χ0n) is 19.4. The molecule has 0 amide bonds. The number of nitro groups is 1. The molecule has 1 aliphatic heterocycles. The number of aromatic nitrogens is 2. The Labute approximate surface area is 206 Å². The van der Waals surface area contributed by atoms with Gasteiger partial charge in [-0.05, 0) is 48.6 Å². The average molecular weight is 487 g/mol. The Morgan fingerprint density at radius 3 is 2.44 bits per heavy atom. The fourth-order valence-electron chi connectivity index (χ4n) is 5.15. The van der Waals surface area contributed by atoms with Gasteiger partial charge in [-0.25, -0.2) is 9.37 Å². The number of halogens is 1. The van der Waals surface area contributed by atoms with Gasteiger partial charge in [0.2, 0.25) is 0 Å². The predicted octanol–water partition coefficient (Wildman–Crippen LogP) is 3.22. The molecule has 0 unspecified atom stereocenters. The maximum atomic E-state index is 13.5. The molecular weight excluding hydrogens is 463 g/mol. The van der Waals surface area contributed by atoms with Gasteiger partial charge >= 0.3 is 11.2 Å². The second-order valence-electron chi connectivity index (χ2n) is 9.08. The SMILES string of the molecule is C#CCn1c(=O)c([N+](=O)[O-])c(N2CCN([C@@H](c3ccc(F)cc3)C3CC3)CC2)c2nc(C#N)ccc21. The van der Waals surface area contributed by atoms with Crippen LogP contribution in [0.4, 0.5) is 15.8 Å². The van der Waals surface area contributed by atoms with E-state index in [1.807, 2.05) is 18.2 Å². The molecule has 2 aromatic heterocycles. The number of fused-ring (bicyclic) bond motifs is 1. The molecule has 0 bridgehead atoms. The molecule has 2 aliphatic rings. The Morgan fingerprint density at radius 2 is 1.86 bits per heavy atom. The molecule has 1 aliphatic carbocycles. The fraction of sp³-hybridized carbons (Fsp3) is 0.346. The van der Waals surface area contributed by atoms with Crippen molar-refractivity contribution in [2.45, 2.75) is 25.4 Å². The van der Waals surface area contributed by atoms with Crippen molar-refractivity contribution in [2.75, 3.05) is 31.1 Å². The lowest BCUT2D eigenvalue weighted by atomic mass is 9.99. The number of nitriles is 1. The maximum absolute atomic E-state index is 13.5. The van der Waals surface area contributed by atoms with E-state index in [0.29, 0.717) is 37.6 Å². The van der Waals surface area contributed by atoms with E-state index in [1.165, 1.54) is 18.2 Å². The Balaban J connectivity index is 1.54. The minimum Gasteiger partial charge on any atom is -0.361 e. The molecule has 0 spiro atoms. The van der Waals surface area contributed by atoms with Crippen molar-refractivity contribution in [3.63, 3.8) is 0 Å². The minimum atomic E-state index is -0.795. The van der Waals surface area contributed by atoms with Crippen molar-refractivity contribution < 1.29 is 9.31 Å². The minimum absolute atomic E-state index is 0.0905. The highest BCUT2D eigenvalue weighted by atomic mass is 19.1. The van der Waals surface area contributed by atoms with Crippen molar-refractivity contribution in [3.05, 3.63) is 73.9 Å². The van der Waals surface area contributed by atoms with Gasteiger partial charge in [0.25, 0.3) is 0 Å². The molecule has 0 radical (unpaired) electrons. The molecule has 5 rings (SSSR count). The van der Waals surface area contributed by atoms with Crippen LogP contribution in [0.1, 0.15) is 30.1 Å². The molecule has 36 heavy (non-hydrogen) atoms. The first-order chi connectivity index (χ1) is 17.4. The van der Waals surface area contributed by atoms with E-state index >= 15 is 0 Å². The van der Waals surface area contributed by atoms with Crippen LogP contribution in [0.5, 0.6) is 0 Å². The second kappa shape index (κ2) is 9.40. The lowest BCUT2D eigenvalue weighted by Gasteiger charge is -2.40. The van der Waals surface area contributed by atoms with Crippen LogP contribution in [0.3, 0.4) is 0 Å². The van der Waals surface area contributed by atoms with E-state index in [1.54, 1.807) is 11.0 Å². The molecule has 182 valence electrons. The van der Waals surface area contributed by atoms with Gasteiger partial charge in [0.05, 0.1) is 17.0 Å². The third kappa shape index (κ3) is 4.16. The van der Waals surface area contributed by atoms with Crippen molar-refractivity contribution in [2.24, 2.45) is 5.92 Å². The first-order valence-corrected chi connectivity index (χ1v) is 11.7. The van der Waals surface area contributed by atoms with Crippen LogP contribution in [0, 0.1) is 45.5 Å². The molecule has 3 aromatic rings. The van der Waals surface area contributed by atoms with Crippen LogP contribution >= 0.6 is 0 Å². The fourth-order valence-corrected chi connectivity index (χ4v) is 5.15. The van der Waals surface area contributed by atoms with E-state index in [2.05, 4.69) is 15.8 Å². The highest BCUT2D eigenvalue weighted by Gasteiger charge is 2.39. The first-order valence-electron chi connectivity index (χ1n) is 11.7. The third-order valence-corrected chi connectivity index (χ3v) is 6.91. The zero-order valence-corrected chi connectivity index (χ0v) is 19.4. The van der Waals surface area contributed by atoms with Crippen LogP contribution in [-0.4, -0.2) is 45.6 Å². The molecule has 2 fully saturated rings. The number of hydrogen-bond donors (Lipinski definition) is 0. The monoisotopic (exact) mass is 486 g/mol. The molecule has 0 N–H and O–H groups in total. The summed E-state index contributed by atoms with van der Waals surface area (Å²) in [5.41, 5.74) is 0.439. The van der Waals surface area contributed by atoms with Crippen LogP contribution < -0.4 is 10.5 Å². The summed E-state index contributed by atoms with van der Waals surface area (Å²) in [5, 5.41) is 21.5. The van der Waals surface area contributed by atoms with Gasteiger partial charge in [-0.15, -0.1) is 6.42 Å². The van der Waals surface area contributed by atoms with Crippen molar-refractivity contribution in [1.29, 1.82) is 5.26 Å². The quantitative estimate of drug-likeness (QED) is 0.299. The summed E-state index contributed by atoms with van der Waals surface area (Å²) in [7, 11) is 0. The Bertz CT molecular complexity index is 1480. The first kappa shape index (κ1) is 23.5. The number of pyridine rings is 2. The van der Waals surface area contributed by atoms with Crippen molar-refractivity contribution >= 4 is 22.4 Å². The number of rotatable bonds is 6. The van der Waals surface area contributed by atoms with Gasteiger partial charge < -0.3 is 4.90 Å². The summed E-state index contributed by atoms with van der Waals surface area (Å²) in [6, 6.07) is 11.7. The number of benzene rings is 1. The number of terminal acetylenes is 1. The lowest BCUT2D eigenvalue weighted by molar-refractivity contribution is -0.385. The third-order valence-electron chi connectivity index (χ3n) is 6.91. The number of nitrogens with zero attached hydrogens (tertiary/aromatic N) is 6. The van der Waals surface area contributed by atoms with Gasteiger partial charge in [-0.3, -0.25) is 24.4 Å². The standard InChI is InChI=1S/C26H23FN6O3/c1-2-11-32-21-10-9-20(16-28)29-22(21)24(25(26(32)34)33(35)36)31-14-12-30(13-15-31)23(17-3-4-17)18-5-7-19(27)8-6-18/h1,5-10,17,23H,3-4,11-15H2/t23-/m1/s1. The van der Waals surface area contributed by atoms with Crippen LogP contribution in [-0.2, 0) is 6.54 Å². The summed E-state index contributed by atoms with van der Waals surface area (Å²) in [6.07, 6.45) is 7.63. The summed E-state index contributed by atoms with van der Waals surface area (Å²) >= 11 is 0. The predicted molar refractivity (Wildman–Crippen MR) is 132 cm³/mol. The van der Waals surface area contributed by atoms with Gasteiger partial charge in [0.1, 0.15) is 23.1 Å². The van der Waals surface area contributed by atoms with Crippen LogP contribution in [0.15, 0.2) is 41.2 Å². The van der Waals surface area contributed by atoms with E-state index < -0.39 is 16.2 Å². The van der Waals surface area contributed by atoms with E-state index in [-0.39, 0.29) is 35.3 Å².